The Morgan fingerprint density at radius 3 is 2.30 bits per heavy atom. The highest BCUT2D eigenvalue weighted by Crippen LogP contribution is 2.34. The molecule has 1 N–H and O–H groups in total. The third-order valence-electron chi connectivity index (χ3n) is 5.79. The van der Waals surface area contributed by atoms with E-state index < -0.39 is 0 Å². The number of hydrogen-bond acceptors (Lipinski definition) is 3. The van der Waals surface area contributed by atoms with Gasteiger partial charge in [0.15, 0.2) is 0 Å². The molecule has 5 nitrogen and oxygen atoms in total. The normalized spacial score (nSPS) is 14.5. The van der Waals surface area contributed by atoms with Crippen LogP contribution in [0.2, 0.25) is 15.1 Å². The van der Waals surface area contributed by atoms with E-state index in [1.165, 1.54) is 6.42 Å². The van der Waals surface area contributed by atoms with Crippen LogP contribution in [-0.4, -0.2) is 33.6 Å². The lowest BCUT2D eigenvalue weighted by Crippen LogP contribution is -2.45. The number of carbonyl (C=O) groups is 1. The van der Waals surface area contributed by atoms with Crippen LogP contribution in [0.5, 0.6) is 0 Å². The number of piperidine rings is 1. The van der Waals surface area contributed by atoms with Gasteiger partial charge >= 0.3 is 0 Å². The van der Waals surface area contributed by atoms with Crippen molar-refractivity contribution in [3.8, 4) is 17.1 Å². The second-order valence-corrected chi connectivity index (χ2v) is 9.34. The Bertz CT molecular complexity index is 1330. The maximum Gasteiger partial charge on any atom is 0.265 e. The number of rotatable bonds is 4. The fourth-order valence-electron chi connectivity index (χ4n) is 4.14. The van der Waals surface area contributed by atoms with Crippen molar-refractivity contribution < 1.29 is 4.79 Å². The molecule has 0 spiro atoms. The summed E-state index contributed by atoms with van der Waals surface area (Å²) in [6.45, 7) is 1.75. The number of imidazole rings is 1. The van der Waals surface area contributed by atoms with Gasteiger partial charge in [-0.3, -0.25) is 14.8 Å². The molecule has 1 saturated heterocycles. The molecule has 5 rings (SSSR count). The largest absolute Gasteiger partial charge is 0.292 e. The van der Waals surface area contributed by atoms with Gasteiger partial charge in [-0.15, -0.1) is 0 Å². The zero-order chi connectivity index (χ0) is 22.9. The molecule has 0 radical (unpaired) electrons. The first-order valence-electron chi connectivity index (χ1n) is 10.8. The maximum absolute atomic E-state index is 12.9. The lowest BCUT2D eigenvalue weighted by molar-refractivity contribution is 0.0750. The van der Waals surface area contributed by atoms with Crippen LogP contribution in [0, 0.1) is 0 Å². The molecule has 0 unspecified atom stereocenters. The summed E-state index contributed by atoms with van der Waals surface area (Å²) in [5.74, 6) is 0.522. The summed E-state index contributed by atoms with van der Waals surface area (Å²) in [5.41, 5.74) is 6.74. The lowest BCUT2D eigenvalue weighted by atomic mass is 10.1. The first kappa shape index (κ1) is 22.2. The second kappa shape index (κ2) is 9.35. The molecule has 0 atom stereocenters. The molecule has 3 aromatic carbocycles. The van der Waals surface area contributed by atoms with Crippen molar-refractivity contribution in [3.05, 3.63) is 81.3 Å². The SMILES string of the molecule is O=C(NN1CCCCC1)c1ccc2c(c1)nc(-c1ccc(Cl)cc1Cl)n2-c1ccc(Cl)cc1. The number of hydrogen-bond donors (Lipinski definition) is 1. The molecule has 0 aliphatic carbocycles. The number of nitrogens with one attached hydrogen (secondary N) is 1. The molecule has 1 amide bonds. The van der Waals surface area contributed by atoms with Crippen molar-refractivity contribution in [1.29, 1.82) is 0 Å². The van der Waals surface area contributed by atoms with E-state index in [-0.39, 0.29) is 5.91 Å². The molecule has 1 aliphatic heterocycles. The molecule has 33 heavy (non-hydrogen) atoms. The Morgan fingerprint density at radius 1 is 0.848 bits per heavy atom. The molecule has 8 heteroatoms. The Hall–Kier alpha value is -2.57. The first-order valence-corrected chi connectivity index (χ1v) is 11.9. The molecule has 0 saturated carbocycles. The number of fused-ring (bicyclic) bond motifs is 1. The summed E-state index contributed by atoms with van der Waals surface area (Å²) in [6.07, 6.45) is 3.39. The Balaban J connectivity index is 1.61. The van der Waals surface area contributed by atoms with Crippen LogP contribution < -0.4 is 5.43 Å². The highest BCUT2D eigenvalue weighted by molar-refractivity contribution is 6.36. The summed E-state index contributed by atoms with van der Waals surface area (Å²) in [5, 5.41) is 3.68. The summed E-state index contributed by atoms with van der Waals surface area (Å²) >= 11 is 18.8. The molecular weight excluding hydrogens is 479 g/mol. The van der Waals surface area contributed by atoms with Crippen LogP contribution in [0.1, 0.15) is 29.6 Å². The molecule has 0 bridgehead atoms. The fraction of sp³-hybridized carbons (Fsp3) is 0.200. The predicted molar refractivity (Wildman–Crippen MR) is 134 cm³/mol. The number of hydrazine groups is 1. The van der Waals surface area contributed by atoms with Gasteiger partial charge in [0, 0.05) is 39.9 Å². The van der Waals surface area contributed by atoms with Crippen LogP contribution in [0.3, 0.4) is 0 Å². The Morgan fingerprint density at radius 2 is 1.58 bits per heavy atom. The van der Waals surface area contributed by atoms with Gasteiger partial charge in [-0.2, -0.15) is 0 Å². The number of halogens is 3. The highest BCUT2D eigenvalue weighted by atomic mass is 35.5. The fourth-order valence-corrected chi connectivity index (χ4v) is 4.76. The molecule has 1 aliphatic rings. The minimum absolute atomic E-state index is 0.133. The van der Waals surface area contributed by atoms with Crippen molar-refractivity contribution in [2.45, 2.75) is 19.3 Å². The number of aromatic nitrogens is 2. The van der Waals surface area contributed by atoms with Crippen LogP contribution in [0.4, 0.5) is 0 Å². The van der Waals surface area contributed by atoms with E-state index in [0.29, 0.717) is 32.0 Å². The standard InChI is InChI=1S/C25H21Cl3N4O/c26-17-5-8-19(9-6-17)32-23-11-4-16(25(33)30-31-12-2-1-3-13-31)14-22(23)29-24(32)20-10-7-18(27)15-21(20)28/h4-11,14-15H,1-3,12-13H2,(H,30,33). The summed E-state index contributed by atoms with van der Waals surface area (Å²) in [4.78, 5) is 17.8. The molecular formula is C25H21Cl3N4O. The third-order valence-corrected chi connectivity index (χ3v) is 6.59. The number of nitrogens with zero attached hydrogens (tertiary/aromatic N) is 3. The third kappa shape index (κ3) is 4.59. The molecule has 1 aromatic heterocycles. The molecule has 2 heterocycles. The van der Waals surface area contributed by atoms with E-state index in [1.54, 1.807) is 12.1 Å². The first-order chi connectivity index (χ1) is 16.0. The van der Waals surface area contributed by atoms with Gasteiger partial charge in [-0.1, -0.05) is 41.2 Å². The monoisotopic (exact) mass is 498 g/mol. The van der Waals surface area contributed by atoms with Gasteiger partial charge in [0.05, 0.1) is 16.1 Å². The van der Waals surface area contributed by atoms with E-state index in [4.69, 9.17) is 39.8 Å². The van der Waals surface area contributed by atoms with Crippen molar-refractivity contribution in [2.24, 2.45) is 0 Å². The van der Waals surface area contributed by atoms with Gasteiger partial charge in [-0.25, -0.2) is 9.99 Å². The van der Waals surface area contributed by atoms with Gasteiger partial charge in [0.1, 0.15) is 5.82 Å². The zero-order valence-electron chi connectivity index (χ0n) is 17.7. The van der Waals surface area contributed by atoms with Crippen molar-refractivity contribution in [3.63, 3.8) is 0 Å². The van der Waals surface area contributed by atoms with Gasteiger partial charge < -0.3 is 0 Å². The van der Waals surface area contributed by atoms with Crippen LogP contribution in [-0.2, 0) is 0 Å². The highest BCUT2D eigenvalue weighted by Gasteiger charge is 2.19. The second-order valence-electron chi connectivity index (χ2n) is 8.06. The van der Waals surface area contributed by atoms with E-state index in [0.717, 1.165) is 42.7 Å². The molecule has 4 aromatic rings. The summed E-state index contributed by atoms with van der Waals surface area (Å²) in [7, 11) is 0. The molecule has 168 valence electrons. The Kier molecular flexibility index (Phi) is 6.30. The number of amides is 1. The molecule has 1 fully saturated rings. The zero-order valence-corrected chi connectivity index (χ0v) is 20.0. The van der Waals surface area contributed by atoms with Crippen molar-refractivity contribution >= 4 is 51.7 Å². The van der Waals surface area contributed by atoms with E-state index in [2.05, 4.69) is 5.43 Å². The van der Waals surface area contributed by atoms with E-state index in [9.17, 15) is 4.79 Å². The summed E-state index contributed by atoms with van der Waals surface area (Å²) < 4.78 is 2.01. The quantitative estimate of drug-likeness (QED) is 0.336. The Labute approximate surface area is 206 Å². The van der Waals surface area contributed by atoms with Crippen LogP contribution in [0.25, 0.3) is 28.1 Å². The lowest BCUT2D eigenvalue weighted by Gasteiger charge is -2.26. The summed E-state index contributed by atoms with van der Waals surface area (Å²) in [6, 6.07) is 18.4. The van der Waals surface area contributed by atoms with Gasteiger partial charge in [-0.05, 0) is 73.5 Å². The predicted octanol–water partition coefficient (Wildman–Crippen LogP) is 6.78. The number of carbonyl (C=O) groups excluding carboxylic acids is 1. The topological polar surface area (TPSA) is 50.2 Å². The van der Waals surface area contributed by atoms with Crippen molar-refractivity contribution in [2.75, 3.05) is 13.1 Å². The average Bonchev–Trinajstić information content (AvgIpc) is 3.18. The van der Waals surface area contributed by atoms with E-state index in [1.807, 2.05) is 58.1 Å². The minimum atomic E-state index is -0.133. The van der Waals surface area contributed by atoms with E-state index >= 15 is 0 Å². The van der Waals surface area contributed by atoms with Gasteiger partial charge in [0.25, 0.3) is 5.91 Å². The minimum Gasteiger partial charge on any atom is -0.292 e. The van der Waals surface area contributed by atoms with Crippen LogP contribution in [0.15, 0.2) is 60.7 Å². The van der Waals surface area contributed by atoms with Gasteiger partial charge in [0.2, 0.25) is 0 Å². The maximum atomic E-state index is 12.9. The van der Waals surface area contributed by atoms with Crippen LogP contribution >= 0.6 is 34.8 Å². The smallest absolute Gasteiger partial charge is 0.265 e. The van der Waals surface area contributed by atoms with Crippen molar-refractivity contribution in [1.82, 2.24) is 20.0 Å². The average molecular weight is 500 g/mol. The number of benzene rings is 3.